The molecule has 114 valence electrons. The lowest BCUT2D eigenvalue weighted by Crippen LogP contribution is -2.50. The van der Waals surface area contributed by atoms with E-state index in [9.17, 15) is 8.42 Å². The van der Waals surface area contributed by atoms with E-state index in [-0.39, 0.29) is 18.4 Å². The van der Waals surface area contributed by atoms with Gasteiger partial charge in [-0.1, -0.05) is 6.92 Å². The van der Waals surface area contributed by atoms with Crippen LogP contribution in [0.3, 0.4) is 0 Å². The lowest BCUT2D eigenvalue weighted by molar-refractivity contribution is 0.259. The summed E-state index contributed by atoms with van der Waals surface area (Å²) in [5, 5.41) is 3.10. The van der Waals surface area contributed by atoms with Gasteiger partial charge in [0.25, 0.3) is 10.2 Å². The van der Waals surface area contributed by atoms with Gasteiger partial charge in [-0.3, -0.25) is 0 Å². The molecule has 2 aliphatic heterocycles. The molecule has 2 heterocycles. The first-order valence-corrected chi connectivity index (χ1v) is 8.37. The number of hydrogen-bond donors (Lipinski definition) is 1. The Balaban J connectivity index is 0.00000180. The van der Waals surface area contributed by atoms with Gasteiger partial charge in [0.05, 0.1) is 0 Å². The minimum atomic E-state index is -3.23. The molecule has 0 aromatic rings. The summed E-state index contributed by atoms with van der Waals surface area (Å²) in [6.07, 6.45) is 3.94. The molecular formula is C12H26ClN3O2S. The molecule has 19 heavy (non-hydrogen) atoms. The fourth-order valence-electron chi connectivity index (χ4n) is 2.92. The van der Waals surface area contributed by atoms with Crippen LogP contribution in [0.4, 0.5) is 0 Å². The molecule has 0 saturated carbocycles. The van der Waals surface area contributed by atoms with Crippen molar-refractivity contribution >= 4 is 22.6 Å². The van der Waals surface area contributed by atoms with Crippen molar-refractivity contribution in [3.05, 3.63) is 0 Å². The Bertz CT molecular complexity index is 369. The maximum absolute atomic E-state index is 12.6. The molecule has 0 aliphatic carbocycles. The zero-order valence-electron chi connectivity index (χ0n) is 11.8. The summed E-state index contributed by atoms with van der Waals surface area (Å²) in [4.78, 5) is 0. The number of likely N-dealkylation sites (N-methyl/N-ethyl adjacent to an activating group) is 1. The smallest absolute Gasteiger partial charge is 0.282 e. The third-order valence-electron chi connectivity index (χ3n) is 4.13. The maximum atomic E-state index is 12.6. The van der Waals surface area contributed by atoms with Gasteiger partial charge >= 0.3 is 0 Å². The normalized spacial score (nSPS) is 27.4. The van der Waals surface area contributed by atoms with Crippen LogP contribution >= 0.6 is 12.4 Å². The van der Waals surface area contributed by atoms with Crippen molar-refractivity contribution < 1.29 is 8.42 Å². The number of rotatable bonds is 4. The molecular weight excluding hydrogens is 286 g/mol. The fourth-order valence-corrected chi connectivity index (χ4v) is 4.80. The molecule has 2 aliphatic rings. The highest BCUT2D eigenvalue weighted by atomic mass is 35.5. The van der Waals surface area contributed by atoms with Crippen LogP contribution in [0.1, 0.15) is 32.6 Å². The summed E-state index contributed by atoms with van der Waals surface area (Å²) in [5.41, 5.74) is 0. The molecule has 0 aromatic carbocycles. The Morgan fingerprint density at radius 2 is 1.79 bits per heavy atom. The van der Waals surface area contributed by atoms with Crippen LogP contribution < -0.4 is 5.32 Å². The van der Waals surface area contributed by atoms with E-state index in [1.807, 2.05) is 7.05 Å². The highest BCUT2D eigenvalue weighted by Crippen LogP contribution is 2.26. The van der Waals surface area contributed by atoms with E-state index >= 15 is 0 Å². The van der Waals surface area contributed by atoms with Gasteiger partial charge in [-0.05, 0) is 38.6 Å². The highest BCUT2D eigenvalue weighted by Gasteiger charge is 2.38. The van der Waals surface area contributed by atoms with Crippen molar-refractivity contribution in [1.29, 1.82) is 0 Å². The molecule has 0 radical (unpaired) electrons. The number of halogens is 1. The SMILES string of the molecule is CNCC1CCCN1S(=O)(=O)N1CCC(C)CC1.Cl. The average molecular weight is 312 g/mol. The van der Waals surface area contributed by atoms with Crippen LogP contribution in [0.15, 0.2) is 0 Å². The molecule has 0 spiro atoms. The number of nitrogens with one attached hydrogen (secondary N) is 1. The molecule has 0 amide bonds. The van der Waals surface area contributed by atoms with E-state index < -0.39 is 10.2 Å². The minimum absolute atomic E-state index is 0. The van der Waals surface area contributed by atoms with Crippen molar-refractivity contribution in [2.45, 2.75) is 38.6 Å². The van der Waals surface area contributed by atoms with Crippen LogP contribution in [-0.2, 0) is 10.2 Å². The number of piperidine rings is 1. The molecule has 2 saturated heterocycles. The van der Waals surface area contributed by atoms with E-state index in [0.717, 1.165) is 32.2 Å². The number of hydrogen-bond acceptors (Lipinski definition) is 3. The van der Waals surface area contributed by atoms with Crippen LogP contribution in [0, 0.1) is 5.92 Å². The topological polar surface area (TPSA) is 52.7 Å². The third kappa shape index (κ3) is 3.82. The van der Waals surface area contributed by atoms with Crippen LogP contribution in [0.5, 0.6) is 0 Å². The first kappa shape index (κ1) is 17.2. The predicted molar refractivity (Wildman–Crippen MR) is 79.8 cm³/mol. The first-order chi connectivity index (χ1) is 8.55. The molecule has 1 N–H and O–H groups in total. The minimum Gasteiger partial charge on any atom is -0.318 e. The molecule has 2 rings (SSSR count). The summed E-state index contributed by atoms with van der Waals surface area (Å²) in [6.45, 7) is 5.01. The quantitative estimate of drug-likeness (QED) is 0.845. The summed E-state index contributed by atoms with van der Waals surface area (Å²) in [7, 11) is -1.35. The van der Waals surface area contributed by atoms with Crippen LogP contribution in [0.2, 0.25) is 0 Å². The molecule has 0 bridgehead atoms. The van der Waals surface area contributed by atoms with Crippen molar-refractivity contribution in [3.63, 3.8) is 0 Å². The highest BCUT2D eigenvalue weighted by molar-refractivity contribution is 7.86. The zero-order valence-corrected chi connectivity index (χ0v) is 13.5. The van der Waals surface area contributed by atoms with Gasteiger partial charge in [-0.15, -0.1) is 12.4 Å². The van der Waals surface area contributed by atoms with Gasteiger partial charge in [-0.2, -0.15) is 17.0 Å². The molecule has 2 fully saturated rings. The van der Waals surface area contributed by atoms with Gasteiger partial charge < -0.3 is 5.32 Å². The molecule has 1 atom stereocenters. The second-order valence-electron chi connectivity index (χ2n) is 5.55. The second kappa shape index (κ2) is 7.22. The Kier molecular flexibility index (Phi) is 6.53. The maximum Gasteiger partial charge on any atom is 0.282 e. The zero-order chi connectivity index (χ0) is 13.2. The van der Waals surface area contributed by atoms with Crippen molar-refractivity contribution in [3.8, 4) is 0 Å². The van der Waals surface area contributed by atoms with E-state index in [1.165, 1.54) is 0 Å². The molecule has 5 nitrogen and oxygen atoms in total. The van der Waals surface area contributed by atoms with Crippen LogP contribution in [0.25, 0.3) is 0 Å². The lowest BCUT2D eigenvalue weighted by Gasteiger charge is -2.34. The molecule has 1 unspecified atom stereocenters. The van der Waals surface area contributed by atoms with E-state index in [0.29, 0.717) is 25.6 Å². The van der Waals surface area contributed by atoms with Gasteiger partial charge in [0.2, 0.25) is 0 Å². The third-order valence-corrected chi connectivity index (χ3v) is 6.22. The summed E-state index contributed by atoms with van der Waals surface area (Å²) >= 11 is 0. The van der Waals surface area contributed by atoms with Crippen molar-refractivity contribution in [1.82, 2.24) is 13.9 Å². The fraction of sp³-hybridized carbons (Fsp3) is 1.00. The van der Waals surface area contributed by atoms with Crippen molar-refractivity contribution in [2.75, 3.05) is 33.2 Å². The Hall–Kier alpha value is 0.120. The Morgan fingerprint density at radius 3 is 2.37 bits per heavy atom. The lowest BCUT2D eigenvalue weighted by atomic mass is 10.0. The Labute approximate surface area is 123 Å². The monoisotopic (exact) mass is 311 g/mol. The van der Waals surface area contributed by atoms with Gasteiger partial charge in [0.15, 0.2) is 0 Å². The van der Waals surface area contributed by atoms with Gasteiger partial charge in [0, 0.05) is 32.2 Å². The average Bonchev–Trinajstić information content (AvgIpc) is 2.79. The summed E-state index contributed by atoms with van der Waals surface area (Å²) in [6, 6.07) is 0.138. The summed E-state index contributed by atoms with van der Waals surface area (Å²) < 4.78 is 28.6. The van der Waals surface area contributed by atoms with Gasteiger partial charge in [-0.25, -0.2) is 0 Å². The molecule has 0 aromatic heterocycles. The van der Waals surface area contributed by atoms with E-state index in [2.05, 4.69) is 12.2 Å². The van der Waals surface area contributed by atoms with E-state index in [4.69, 9.17) is 0 Å². The Morgan fingerprint density at radius 1 is 1.16 bits per heavy atom. The van der Waals surface area contributed by atoms with E-state index in [1.54, 1.807) is 8.61 Å². The number of nitrogens with zero attached hydrogens (tertiary/aromatic N) is 2. The largest absolute Gasteiger partial charge is 0.318 e. The van der Waals surface area contributed by atoms with Crippen LogP contribution in [-0.4, -0.2) is 56.3 Å². The molecule has 7 heteroatoms. The predicted octanol–water partition coefficient (Wildman–Crippen LogP) is 1.07. The van der Waals surface area contributed by atoms with Gasteiger partial charge in [0.1, 0.15) is 0 Å². The summed E-state index contributed by atoms with van der Waals surface area (Å²) in [5.74, 6) is 0.656. The van der Waals surface area contributed by atoms with Crippen molar-refractivity contribution in [2.24, 2.45) is 5.92 Å². The second-order valence-corrected chi connectivity index (χ2v) is 7.43. The first-order valence-electron chi connectivity index (χ1n) is 6.97. The standard InChI is InChI=1S/C12H25N3O2S.ClH/c1-11-5-8-14(9-6-11)18(16,17)15-7-3-4-12(15)10-13-2;/h11-13H,3-10H2,1-2H3;1H.